The van der Waals surface area contributed by atoms with Crippen molar-refractivity contribution in [3.05, 3.63) is 43.0 Å². The van der Waals surface area contributed by atoms with Crippen molar-refractivity contribution in [2.45, 2.75) is 63.7 Å². The van der Waals surface area contributed by atoms with Gasteiger partial charge in [0.2, 0.25) is 0 Å². The predicted molar refractivity (Wildman–Crippen MR) is 95.6 cm³/mol. The zero-order valence-electron chi connectivity index (χ0n) is 15.4. The number of carboxylic acids is 1. The average Bonchev–Trinajstić information content (AvgIpc) is 3.03. The lowest BCUT2D eigenvalue weighted by Crippen LogP contribution is -2.33. The van der Waals surface area contributed by atoms with Gasteiger partial charge in [0.15, 0.2) is 6.29 Å². The van der Waals surface area contributed by atoms with Crippen molar-refractivity contribution in [3.8, 4) is 0 Å². The number of ether oxygens (including phenoxy) is 2. The minimum Gasteiger partial charge on any atom is -0.481 e. The molecule has 1 aromatic heterocycles. The van der Waals surface area contributed by atoms with Gasteiger partial charge in [0, 0.05) is 29.5 Å². The SMILES string of the molecule is Cc1cn(C2CC(N=[N+]=[N-])C(COC(O)CCCCC(=O)O)O2)c(=O)[nH]c1=O. The quantitative estimate of drug-likeness (QED) is 0.171. The number of aromatic nitrogens is 2. The van der Waals surface area contributed by atoms with Crippen LogP contribution in [0.4, 0.5) is 0 Å². The smallest absolute Gasteiger partial charge is 0.330 e. The summed E-state index contributed by atoms with van der Waals surface area (Å²) in [6.45, 7) is 1.48. The molecule has 0 saturated carbocycles. The number of aliphatic carboxylic acids is 1. The standard InChI is InChI=1S/C16H23N5O7/c1-9-7-21(16(26)18-15(9)25)12-6-10(19-20-17)11(28-12)8-27-14(24)5-3-2-4-13(22)23/h7,10-12,14,24H,2-6,8H2,1H3,(H,22,23)(H,18,25,26). The minimum absolute atomic E-state index is 0.0203. The van der Waals surface area contributed by atoms with E-state index in [9.17, 15) is 19.5 Å². The van der Waals surface area contributed by atoms with Gasteiger partial charge >= 0.3 is 11.7 Å². The number of hydrogen-bond acceptors (Lipinski definition) is 7. The van der Waals surface area contributed by atoms with E-state index in [1.54, 1.807) is 6.92 Å². The van der Waals surface area contributed by atoms with Gasteiger partial charge in [0.05, 0.1) is 18.8 Å². The summed E-state index contributed by atoms with van der Waals surface area (Å²) < 4.78 is 12.3. The topological polar surface area (TPSA) is 180 Å². The van der Waals surface area contributed by atoms with Gasteiger partial charge in [0.25, 0.3) is 5.56 Å². The van der Waals surface area contributed by atoms with E-state index in [-0.39, 0.29) is 25.9 Å². The second kappa shape index (κ2) is 10.0. The molecule has 4 atom stereocenters. The van der Waals surface area contributed by atoms with Gasteiger partial charge in [-0.2, -0.15) is 0 Å². The third kappa shape index (κ3) is 5.92. The highest BCUT2D eigenvalue weighted by atomic mass is 16.6. The molecule has 154 valence electrons. The van der Waals surface area contributed by atoms with Crippen molar-refractivity contribution in [1.29, 1.82) is 0 Å². The van der Waals surface area contributed by atoms with E-state index in [2.05, 4.69) is 15.0 Å². The fraction of sp³-hybridized carbons (Fsp3) is 0.688. The maximum absolute atomic E-state index is 12.0. The first-order chi connectivity index (χ1) is 13.3. The molecule has 1 aliphatic heterocycles. The second-order valence-corrected chi connectivity index (χ2v) is 6.54. The fourth-order valence-corrected chi connectivity index (χ4v) is 2.91. The Morgan fingerprint density at radius 1 is 1.54 bits per heavy atom. The van der Waals surface area contributed by atoms with Gasteiger partial charge in [-0.3, -0.25) is 19.1 Å². The van der Waals surface area contributed by atoms with Gasteiger partial charge in [-0.05, 0) is 31.7 Å². The second-order valence-electron chi connectivity index (χ2n) is 6.54. The van der Waals surface area contributed by atoms with Gasteiger partial charge in [-0.1, -0.05) is 5.11 Å². The van der Waals surface area contributed by atoms with Gasteiger partial charge < -0.3 is 19.7 Å². The number of nitrogens with zero attached hydrogens (tertiary/aromatic N) is 4. The molecule has 2 heterocycles. The van der Waals surface area contributed by atoms with Crippen LogP contribution in [0.1, 0.15) is 43.9 Å². The molecule has 0 bridgehead atoms. The van der Waals surface area contributed by atoms with E-state index in [4.69, 9.17) is 20.1 Å². The molecule has 1 saturated heterocycles. The molecule has 2 rings (SSSR count). The van der Waals surface area contributed by atoms with E-state index < -0.39 is 41.9 Å². The summed E-state index contributed by atoms with van der Waals surface area (Å²) >= 11 is 0. The molecule has 1 aliphatic rings. The van der Waals surface area contributed by atoms with Crippen LogP contribution in [0.5, 0.6) is 0 Å². The molecule has 0 spiro atoms. The Morgan fingerprint density at radius 2 is 2.29 bits per heavy atom. The lowest BCUT2D eigenvalue weighted by atomic mass is 10.1. The van der Waals surface area contributed by atoms with Crippen LogP contribution in [0.3, 0.4) is 0 Å². The van der Waals surface area contributed by atoms with E-state index >= 15 is 0 Å². The summed E-state index contributed by atoms with van der Waals surface area (Å²) in [4.78, 5) is 39.0. The van der Waals surface area contributed by atoms with Crippen molar-refractivity contribution < 1.29 is 24.5 Å². The lowest BCUT2D eigenvalue weighted by molar-refractivity contribution is -0.141. The summed E-state index contributed by atoms with van der Waals surface area (Å²) in [5.41, 5.74) is 7.96. The summed E-state index contributed by atoms with van der Waals surface area (Å²) in [7, 11) is 0. The number of hydrogen-bond donors (Lipinski definition) is 3. The van der Waals surface area contributed by atoms with Crippen LogP contribution in [-0.4, -0.2) is 50.8 Å². The molecule has 1 fully saturated rings. The summed E-state index contributed by atoms with van der Waals surface area (Å²) in [5, 5.41) is 22.1. The van der Waals surface area contributed by atoms with E-state index in [1.807, 2.05) is 0 Å². The maximum atomic E-state index is 12.0. The van der Waals surface area contributed by atoms with E-state index in [0.717, 1.165) is 0 Å². The average molecular weight is 397 g/mol. The fourth-order valence-electron chi connectivity index (χ4n) is 2.91. The molecule has 0 aromatic carbocycles. The Hall–Kier alpha value is -2.66. The molecule has 0 aliphatic carbocycles. The number of aromatic amines is 1. The van der Waals surface area contributed by atoms with Crippen LogP contribution in [0, 0.1) is 6.92 Å². The lowest BCUT2D eigenvalue weighted by Gasteiger charge is -2.19. The highest BCUT2D eigenvalue weighted by Gasteiger charge is 2.36. The van der Waals surface area contributed by atoms with Crippen LogP contribution < -0.4 is 11.2 Å². The number of aliphatic hydroxyl groups excluding tert-OH is 1. The Balaban J connectivity index is 1.95. The molecule has 0 radical (unpaired) electrons. The molecule has 12 nitrogen and oxygen atoms in total. The summed E-state index contributed by atoms with van der Waals surface area (Å²) in [5.74, 6) is -0.897. The molecule has 4 unspecified atom stereocenters. The Labute approximate surface area is 159 Å². The summed E-state index contributed by atoms with van der Waals surface area (Å²) in [6, 6.07) is -0.617. The van der Waals surface area contributed by atoms with Crippen LogP contribution in [0.25, 0.3) is 10.4 Å². The number of carbonyl (C=O) groups is 1. The Kier molecular flexibility index (Phi) is 7.76. The van der Waals surface area contributed by atoms with Crippen LogP contribution in [0.2, 0.25) is 0 Å². The number of azide groups is 1. The monoisotopic (exact) mass is 397 g/mol. The highest BCUT2D eigenvalue weighted by Crippen LogP contribution is 2.30. The Morgan fingerprint density at radius 3 is 2.96 bits per heavy atom. The molecule has 0 amide bonds. The molecule has 3 N–H and O–H groups in total. The normalized spacial score (nSPS) is 22.6. The number of unbranched alkanes of at least 4 members (excludes halogenated alkanes) is 1. The zero-order chi connectivity index (χ0) is 20.7. The van der Waals surface area contributed by atoms with E-state index in [1.165, 1.54) is 10.8 Å². The minimum atomic E-state index is -1.11. The predicted octanol–water partition coefficient (Wildman–Crippen LogP) is 0.791. The number of aryl methyl sites for hydroxylation is 1. The van der Waals surface area contributed by atoms with Gasteiger partial charge in [-0.25, -0.2) is 4.79 Å². The van der Waals surface area contributed by atoms with Crippen molar-refractivity contribution in [2.24, 2.45) is 5.11 Å². The highest BCUT2D eigenvalue weighted by molar-refractivity contribution is 5.66. The molecular weight excluding hydrogens is 374 g/mol. The number of aliphatic hydroxyl groups is 1. The van der Waals surface area contributed by atoms with Crippen LogP contribution >= 0.6 is 0 Å². The van der Waals surface area contributed by atoms with Gasteiger partial charge in [0.1, 0.15) is 6.23 Å². The number of H-pyrrole nitrogens is 1. The van der Waals surface area contributed by atoms with Crippen molar-refractivity contribution in [3.63, 3.8) is 0 Å². The maximum Gasteiger partial charge on any atom is 0.330 e. The first-order valence-electron chi connectivity index (χ1n) is 8.85. The Bertz CT molecular complexity index is 845. The van der Waals surface area contributed by atoms with Crippen molar-refractivity contribution >= 4 is 5.97 Å². The molecule has 1 aromatic rings. The number of nitrogens with one attached hydrogen (secondary N) is 1. The first kappa shape index (κ1) is 21.6. The van der Waals surface area contributed by atoms with Crippen LogP contribution in [-0.2, 0) is 14.3 Å². The molecular formula is C16H23N5O7. The van der Waals surface area contributed by atoms with E-state index in [0.29, 0.717) is 18.4 Å². The number of carboxylic acid groups (broad SMARTS) is 1. The largest absolute Gasteiger partial charge is 0.481 e. The zero-order valence-corrected chi connectivity index (χ0v) is 15.4. The third-order valence-corrected chi connectivity index (χ3v) is 4.40. The van der Waals surface area contributed by atoms with Crippen molar-refractivity contribution in [2.75, 3.05) is 6.61 Å². The number of rotatable bonds is 10. The third-order valence-electron chi connectivity index (χ3n) is 4.40. The van der Waals surface area contributed by atoms with Gasteiger partial charge in [-0.15, -0.1) is 0 Å². The summed E-state index contributed by atoms with van der Waals surface area (Å²) in [6.07, 6.45) is 0.217. The first-order valence-corrected chi connectivity index (χ1v) is 8.85. The molecule has 28 heavy (non-hydrogen) atoms. The van der Waals surface area contributed by atoms with Crippen LogP contribution in [0.15, 0.2) is 20.9 Å². The molecule has 12 heteroatoms. The van der Waals surface area contributed by atoms with Crippen molar-refractivity contribution in [1.82, 2.24) is 9.55 Å².